The third-order valence-corrected chi connectivity index (χ3v) is 8.76. The van der Waals surface area contributed by atoms with E-state index in [9.17, 15) is 5.26 Å². The molecule has 0 aromatic heterocycles. The van der Waals surface area contributed by atoms with Crippen molar-refractivity contribution in [2.24, 2.45) is 4.99 Å². The van der Waals surface area contributed by atoms with Crippen molar-refractivity contribution in [3.63, 3.8) is 0 Å². The van der Waals surface area contributed by atoms with Crippen LogP contribution in [-0.4, -0.2) is 11.9 Å². The summed E-state index contributed by atoms with van der Waals surface area (Å²) in [5.41, 5.74) is 11.8. The van der Waals surface area contributed by atoms with E-state index in [1.165, 1.54) is 58.2 Å². The normalized spacial score (nSPS) is 20.9. The molecule has 1 fully saturated rings. The van der Waals surface area contributed by atoms with Gasteiger partial charge in [0.2, 0.25) is 0 Å². The highest BCUT2D eigenvalue weighted by Gasteiger charge is 2.45. The van der Waals surface area contributed by atoms with E-state index in [-0.39, 0.29) is 11.6 Å². The molecule has 1 spiro atoms. The zero-order chi connectivity index (χ0) is 25.5. The number of hydrogen-bond donors (Lipinski definition) is 1. The largest absolute Gasteiger partial charge is 0.360 e. The Morgan fingerprint density at radius 3 is 2.53 bits per heavy atom. The van der Waals surface area contributed by atoms with Crippen molar-refractivity contribution < 1.29 is 0 Å². The first kappa shape index (κ1) is 23.0. The lowest BCUT2D eigenvalue weighted by Gasteiger charge is -2.36. The molecule has 4 aliphatic rings. The number of hydrogen-bond acceptors (Lipinski definition) is 3. The molecule has 0 amide bonds. The van der Waals surface area contributed by atoms with Crippen molar-refractivity contribution in [2.45, 2.75) is 56.5 Å². The summed E-state index contributed by atoms with van der Waals surface area (Å²) in [4.78, 5) is 5.33. The Morgan fingerprint density at radius 1 is 0.868 bits per heavy atom. The smallest absolute Gasteiger partial charge is 0.145 e. The van der Waals surface area contributed by atoms with Gasteiger partial charge in [-0.3, -0.25) is 4.99 Å². The number of nitrogens with one attached hydrogen (secondary N) is 1. The molecule has 1 heterocycles. The Kier molecular flexibility index (Phi) is 5.63. The second-order valence-corrected chi connectivity index (χ2v) is 10.9. The van der Waals surface area contributed by atoms with E-state index in [0.717, 1.165) is 42.7 Å². The SMILES string of the molecule is N#Cc1ccc2c(c1)C1(CCCCC1)c1cccc(C3=NC(C4=CCCC=C4)NC(c4ccccc4)=C3)c1-2. The molecule has 38 heavy (non-hydrogen) atoms. The first-order chi connectivity index (χ1) is 18.8. The average molecular weight is 494 g/mol. The van der Waals surface area contributed by atoms with Gasteiger partial charge >= 0.3 is 0 Å². The van der Waals surface area contributed by atoms with Crippen molar-refractivity contribution in [1.82, 2.24) is 5.32 Å². The van der Waals surface area contributed by atoms with Crippen molar-refractivity contribution >= 4 is 11.4 Å². The lowest BCUT2D eigenvalue weighted by atomic mass is 9.67. The summed E-state index contributed by atoms with van der Waals surface area (Å²) in [6, 6.07) is 26.1. The van der Waals surface area contributed by atoms with Crippen LogP contribution in [0, 0.1) is 11.3 Å². The Hall–Kier alpha value is -4.16. The lowest BCUT2D eigenvalue weighted by Crippen LogP contribution is -2.33. The molecule has 7 rings (SSSR count). The molecule has 3 aromatic carbocycles. The van der Waals surface area contributed by atoms with Crippen molar-refractivity contribution in [3.05, 3.63) is 124 Å². The molecule has 186 valence electrons. The summed E-state index contributed by atoms with van der Waals surface area (Å²) in [5.74, 6) is 0. The highest BCUT2D eigenvalue weighted by Crippen LogP contribution is 2.57. The van der Waals surface area contributed by atoms with Crippen molar-refractivity contribution in [2.75, 3.05) is 0 Å². The second kappa shape index (κ2) is 9.30. The molecule has 3 aliphatic carbocycles. The van der Waals surface area contributed by atoms with Crippen LogP contribution in [0.25, 0.3) is 16.8 Å². The number of allylic oxidation sites excluding steroid dienone is 3. The van der Waals surface area contributed by atoms with Gasteiger partial charge in [-0.1, -0.05) is 92.1 Å². The van der Waals surface area contributed by atoms with Crippen LogP contribution in [-0.2, 0) is 5.41 Å². The maximum absolute atomic E-state index is 9.73. The molecular weight excluding hydrogens is 462 g/mol. The maximum atomic E-state index is 9.73. The monoisotopic (exact) mass is 493 g/mol. The van der Waals surface area contributed by atoms with E-state index in [4.69, 9.17) is 4.99 Å². The van der Waals surface area contributed by atoms with Crippen LogP contribution < -0.4 is 5.32 Å². The Bertz CT molecular complexity index is 1570. The maximum Gasteiger partial charge on any atom is 0.145 e. The number of aliphatic imine (C=N–C) groups is 1. The molecule has 1 unspecified atom stereocenters. The Labute approximate surface area is 224 Å². The number of nitrogens with zero attached hydrogens (tertiary/aromatic N) is 2. The first-order valence-corrected chi connectivity index (χ1v) is 13.9. The van der Waals surface area contributed by atoms with Crippen LogP contribution in [0.5, 0.6) is 0 Å². The fraction of sp³-hybridized carbons (Fsp3) is 0.257. The zero-order valence-corrected chi connectivity index (χ0v) is 21.6. The van der Waals surface area contributed by atoms with Gasteiger partial charge in [0.15, 0.2) is 0 Å². The van der Waals surface area contributed by atoms with Crippen LogP contribution >= 0.6 is 0 Å². The predicted octanol–water partition coefficient (Wildman–Crippen LogP) is 7.82. The Balaban J connectivity index is 1.44. The summed E-state index contributed by atoms with van der Waals surface area (Å²) in [5, 5.41) is 13.4. The number of fused-ring (bicyclic) bond motifs is 5. The molecule has 0 bridgehead atoms. The van der Waals surface area contributed by atoms with Crippen molar-refractivity contribution in [3.8, 4) is 17.2 Å². The van der Waals surface area contributed by atoms with E-state index in [0.29, 0.717) is 0 Å². The van der Waals surface area contributed by atoms with Crippen LogP contribution in [0.2, 0.25) is 0 Å². The molecule has 1 saturated carbocycles. The topological polar surface area (TPSA) is 48.2 Å². The fourth-order valence-electron chi connectivity index (χ4n) is 6.98. The van der Waals surface area contributed by atoms with Gasteiger partial charge in [-0.25, -0.2) is 0 Å². The number of rotatable bonds is 3. The van der Waals surface area contributed by atoms with Gasteiger partial charge in [-0.2, -0.15) is 5.26 Å². The molecule has 3 aromatic rings. The minimum absolute atomic E-state index is 0.000720. The van der Waals surface area contributed by atoms with Gasteiger partial charge in [0.1, 0.15) is 6.17 Å². The van der Waals surface area contributed by atoms with E-state index in [1.54, 1.807) is 0 Å². The summed E-state index contributed by atoms with van der Waals surface area (Å²) in [7, 11) is 0. The highest BCUT2D eigenvalue weighted by atomic mass is 15.1. The van der Waals surface area contributed by atoms with Crippen molar-refractivity contribution in [1.29, 1.82) is 5.26 Å². The molecule has 0 radical (unpaired) electrons. The molecule has 1 atom stereocenters. The molecule has 0 saturated heterocycles. The fourth-order valence-corrected chi connectivity index (χ4v) is 6.98. The standard InChI is InChI=1S/C35H31N3/c36-23-24-17-18-27-30(21-24)35(19-8-3-9-20-35)29-16-10-15-28(33(27)29)32-22-31(25-11-4-1-5-12-25)37-34(38-32)26-13-6-2-7-14-26/h1,4-6,10-18,21-22,34,37H,2-3,7-9,19-20H2. The van der Waals surface area contributed by atoms with E-state index < -0.39 is 0 Å². The molecule has 3 nitrogen and oxygen atoms in total. The summed E-state index contributed by atoms with van der Waals surface area (Å²) >= 11 is 0. The van der Waals surface area contributed by atoms with Crippen LogP contribution in [0.1, 0.15) is 72.8 Å². The summed E-state index contributed by atoms with van der Waals surface area (Å²) in [6.07, 6.45) is 17.1. The van der Waals surface area contributed by atoms with Gasteiger partial charge in [0.05, 0.1) is 17.3 Å². The van der Waals surface area contributed by atoms with Crippen LogP contribution in [0.4, 0.5) is 0 Å². The lowest BCUT2D eigenvalue weighted by molar-refractivity contribution is 0.353. The van der Waals surface area contributed by atoms with E-state index in [1.807, 2.05) is 6.07 Å². The predicted molar refractivity (Wildman–Crippen MR) is 155 cm³/mol. The van der Waals surface area contributed by atoms with E-state index in [2.05, 4.69) is 96.4 Å². The van der Waals surface area contributed by atoms with Gasteiger partial charge in [-0.05, 0) is 77.3 Å². The molecule has 3 heteroatoms. The Morgan fingerprint density at radius 2 is 1.74 bits per heavy atom. The van der Waals surface area contributed by atoms with Crippen LogP contribution in [0.3, 0.4) is 0 Å². The average Bonchev–Trinajstić information content (AvgIpc) is 3.26. The number of nitriles is 1. The second-order valence-electron chi connectivity index (χ2n) is 10.9. The molecular formula is C35H31N3. The first-order valence-electron chi connectivity index (χ1n) is 13.9. The van der Waals surface area contributed by atoms with Gasteiger partial charge < -0.3 is 5.32 Å². The third kappa shape index (κ3) is 3.67. The van der Waals surface area contributed by atoms with Gasteiger partial charge in [0, 0.05) is 16.7 Å². The van der Waals surface area contributed by atoms with Crippen LogP contribution in [0.15, 0.2) is 102 Å². The minimum atomic E-state index is -0.122. The zero-order valence-electron chi connectivity index (χ0n) is 21.6. The molecule has 1 N–H and O–H groups in total. The number of benzene rings is 3. The summed E-state index contributed by atoms with van der Waals surface area (Å²) in [6.45, 7) is 0. The summed E-state index contributed by atoms with van der Waals surface area (Å²) < 4.78 is 0. The quantitative estimate of drug-likeness (QED) is 0.404. The van der Waals surface area contributed by atoms with E-state index >= 15 is 0 Å². The van der Waals surface area contributed by atoms with Gasteiger partial charge in [-0.15, -0.1) is 0 Å². The third-order valence-electron chi connectivity index (χ3n) is 8.76. The molecule has 1 aliphatic heterocycles. The minimum Gasteiger partial charge on any atom is -0.360 e. The highest BCUT2D eigenvalue weighted by molar-refractivity contribution is 6.17. The van der Waals surface area contributed by atoms with Gasteiger partial charge in [0.25, 0.3) is 0 Å².